The average Bonchev–Trinajstić information content (AvgIpc) is 2.10. The van der Waals surface area contributed by atoms with Crippen LogP contribution in [0.5, 0.6) is 0 Å². The van der Waals surface area contributed by atoms with Crippen molar-refractivity contribution >= 4 is 0 Å². The van der Waals surface area contributed by atoms with Gasteiger partial charge in [-0.15, -0.1) is 0 Å². The Morgan fingerprint density at radius 1 is 1.11 bits per heavy atom. The van der Waals surface area contributed by atoms with E-state index in [4.69, 9.17) is 4.74 Å². The summed E-state index contributed by atoms with van der Waals surface area (Å²) in [6.07, 6.45) is 2.47. The number of aliphatic hydroxyl groups is 1. The first kappa shape index (κ1) is 13.6. The minimum Gasteiger partial charge on any atom is -0.389 e. The monoisotopic (exact) mass is 248 g/mol. The highest BCUT2D eigenvalue weighted by molar-refractivity contribution is 5.29. The molecule has 1 aromatic rings. The quantitative estimate of drug-likeness (QED) is 0.871. The molecule has 0 aliphatic carbocycles. The lowest BCUT2D eigenvalue weighted by Gasteiger charge is -2.39. The first-order valence-corrected chi connectivity index (χ1v) is 6.81. The van der Waals surface area contributed by atoms with Crippen molar-refractivity contribution in [2.75, 3.05) is 0 Å². The van der Waals surface area contributed by atoms with E-state index in [1.165, 1.54) is 16.7 Å². The number of benzene rings is 1. The Morgan fingerprint density at radius 2 is 1.61 bits per heavy atom. The Kier molecular flexibility index (Phi) is 3.79. The van der Waals surface area contributed by atoms with Gasteiger partial charge < -0.3 is 9.84 Å². The molecule has 2 rings (SSSR count). The van der Waals surface area contributed by atoms with Crippen LogP contribution in [0, 0.1) is 13.8 Å². The second-order valence-electron chi connectivity index (χ2n) is 6.06. The maximum absolute atomic E-state index is 10.8. The zero-order valence-corrected chi connectivity index (χ0v) is 11.9. The van der Waals surface area contributed by atoms with Crippen molar-refractivity contribution in [3.63, 3.8) is 0 Å². The summed E-state index contributed by atoms with van der Waals surface area (Å²) in [5.74, 6) is 0. The maximum atomic E-state index is 10.8. The standard InChI is InChI=1S/C16H24O2/c1-11-5-12(2)7-15(6-11)10-16(17)8-13(3)18-14(4)9-16/h5-7,13-14,17H,8-10H2,1-4H3. The van der Waals surface area contributed by atoms with Crippen molar-refractivity contribution in [3.05, 3.63) is 34.9 Å². The maximum Gasteiger partial charge on any atom is 0.0737 e. The van der Waals surface area contributed by atoms with E-state index in [2.05, 4.69) is 32.0 Å². The van der Waals surface area contributed by atoms with E-state index >= 15 is 0 Å². The molecule has 1 heterocycles. The van der Waals surface area contributed by atoms with Gasteiger partial charge in [-0.3, -0.25) is 0 Å². The number of ether oxygens (including phenoxy) is 1. The molecule has 2 atom stereocenters. The number of hydrogen-bond donors (Lipinski definition) is 1. The fourth-order valence-corrected chi connectivity index (χ4v) is 3.34. The van der Waals surface area contributed by atoms with Gasteiger partial charge in [0.05, 0.1) is 17.8 Å². The van der Waals surface area contributed by atoms with Gasteiger partial charge in [-0.05, 0) is 33.3 Å². The Labute approximate surface area is 110 Å². The highest BCUT2D eigenvalue weighted by Crippen LogP contribution is 2.32. The molecule has 2 heteroatoms. The first-order chi connectivity index (χ1) is 8.36. The molecule has 0 aromatic heterocycles. The van der Waals surface area contributed by atoms with E-state index in [1.807, 2.05) is 13.8 Å². The molecule has 0 bridgehead atoms. The number of hydrogen-bond acceptors (Lipinski definition) is 2. The van der Waals surface area contributed by atoms with E-state index in [-0.39, 0.29) is 12.2 Å². The summed E-state index contributed by atoms with van der Waals surface area (Å²) >= 11 is 0. The van der Waals surface area contributed by atoms with Crippen LogP contribution in [0.4, 0.5) is 0 Å². The van der Waals surface area contributed by atoms with Crippen LogP contribution in [0.1, 0.15) is 43.4 Å². The summed E-state index contributed by atoms with van der Waals surface area (Å²) in [7, 11) is 0. The Hall–Kier alpha value is -0.860. The molecular formula is C16H24O2. The molecule has 18 heavy (non-hydrogen) atoms. The minimum atomic E-state index is -0.614. The smallest absolute Gasteiger partial charge is 0.0737 e. The number of rotatable bonds is 2. The molecule has 0 radical (unpaired) electrons. The van der Waals surface area contributed by atoms with Crippen LogP contribution in [-0.4, -0.2) is 22.9 Å². The van der Waals surface area contributed by atoms with Crippen molar-refractivity contribution in [1.82, 2.24) is 0 Å². The molecule has 1 N–H and O–H groups in total. The second kappa shape index (κ2) is 5.02. The van der Waals surface area contributed by atoms with Crippen LogP contribution in [0.2, 0.25) is 0 Å². The summed E-state index contributed by atoms with van der Waals surface area (Å²) in [4.78, 5) is 0. The third-order valence-electron chi connectivity index (χ3n) is 3.61. The number of aryl methyl sites for hydroxylation is 2. The van der Waals surface area contributed by atoms with Crippen LogP contribution >= 0.6 is 0 Å². The van der Waals surface area contributed by atoms with Crippen molar-refractivity contribution in [1.29, 1.82) is 0 Å². The van der Waals surface area contributed by atoms with Crippen molar-refractivity contribution < 1.29 is 9.84 Å². The van der Waals surface area contributed by atoms with Gasteiger partial charge in [0.15, 0.2) is 0 Å². The summed E-state index contributed by atoms with van der Waals surface area (Å²) in [5, 5.41) is 10.8. The van der Waals surface area contributed by atoms with Gasteiger partial charge in [-0.2, -0.15) is 0 Å². The lowest BCUT2D eigenvalue weighted by Crippen LogP contribution is -2.44. The third-order valence-corrected chi connectivity index (χ3v) is 3.61. The van der Waals surface area contributed by atoms with Crippen LogP contribution in [0.25, 0.3) is 0 Å². The first-order valence-electron chi connectivity index (χ1n) is 6.81. The summed E-state index contributed by atoms with van der Waals surface area (Å²) in [6.45, 7) is 8.30. The van der Waals surface area contributed by atoms with Crippen LogP contribution < -0.4 is 0 Å². The van der Waals surface area contributed by atoms with Gasteiger partial charge in [0, 0.05) is 19.3 Å². The molecule has 0 amide bonds. The van der Waals surface area contributed by atoms with Crippen molar-refractivity contribution in [2.45, 2.75) is 64.8 Å². The molecule has 1 saturated heterocycles. The lowest BCUT2D eigenvalue weighted by atomic mass is 9.82. The van der Waals surface area contributed by atoms with Crippen LogP contribution in [0.3, 0.4) is 0 Å². The summed E-state index contributed by atoms with van der Waals surface area (Å²) in [5.41, 5.74) is 3.15. The molecule has 1 aliphatic rings. The summed E-state index contributed by atoms with van der Waals surface area (Å²) < 4.78 is 5.71. The second-order valence-corrected chi connectivity index (χ2v) is 6.06. The van der Waals surface area contributed by atoms with Gasteiger partial charge in [-0.25, -0.2) is 0 Å². The molecule has 1 aromatic carbocycles. The van der Waals surface area contributed by atoms with E-state index < -0.39 is 5.60 Å². The largest absolute Gasteiger partial charge is 0.389 e. The molecule has 2 unspecified atom stereocenters. The molecular weight excluding hydrogens is 224 g/mol. The molecule has 0 saturated carbocycles. The average molecular weight is 248 g/mol. The van der Waals surface area contributed by atoms with Gasteiger partial charge >= 0.3 is 0 Å². The predicted octanol–water partition coefficient (Wildman–Crippen LogP) is 3.16. The van der Waals surface area contributed by atoms with Crippen molar-refractivity contribution in [3.8, 4) is 0 Å². The van der Waals surface area contributed by atoms with E-state index in [0.717, 1.165) is 19.3 Å². The van der Waals surface area contributed by atoms with E-state index in [0.29, 0.717) is 0 Å². The summed E-state index contributed by atoms with van der Waals surface area (Å²) in [6, 6.07) is 6.52. The highest BCUT2D eigenvalue weighted by Gasteiger charge is 2.36. The zero-order valence-electron chi connectivity index (χ0n) is 11.9. The Morgan fingerprint density at radius 3 is 2.11 bits per heavy atom. The molecule has 2 nitrogen and oxygen atoms in total. The zero-order chi connectivity index (χ0) is 13.3. The van der Waals surface area contributed by atoms with Gasteiger partial charge in [0.25, 0.3) is 0 Å². The molecule has 0 spiro atoms. The Bertz CT molecular complexity index is 395. The molecule has 1 aliphatic heterocycles. The minimum absolute atomic E-state index is 0.143. The predicted molar refractivity (Wildman–Crippen MR) is 73.8 cm³/mol. The van der Waals surface area contributed by atoms with E-state index in [9.17, 15) is 5.11 Å². The molecule has 100 valence electrons. The van der Waals surface area contributed by atoms with Gasteiger partial charge in [0.2, 0.25) is 0 Å². The van der Waals surface area contributed by atoms with Gasteiger partial charge in [-0.1, -0.05) is 29.3 Å². The Balaban J connectivity index is 2.16. The van der Waals surface area contributed by atoms with Crippen LogP contribution in [0.15, 0.2) is 18.2 Å². The fourth-order valence-electron chi connectivity index (χ4n) is 3.34. The SMILES string of the molecule is Cc1cc(C)cc(CC2(O)CC(C)OC(C)C2)c1. The topological polar surface area (TPSA) is 29.5 Å². The van der Waals surface area contributed by atoms with Crippen LogP contribution in [-0.2, 0) is 11.2 Å². The van der Waals surface area contributed by atoms with Gasteiger partial charge in [0.1, 0.15) is 0 Å². The van der Waals surface area contributed by atoms with E-state index in [1.54, 1.807) is 0 Å². The normalized spacial score (nSPS) is 32.5. The lowest BCUT2D eigenvalue weighted by molar-refractivity contribution is -0.130. The fraction of sp³-hybridized carbons (Fsp3) is 0.625. The molecule has 1 fully saturated rings. The third kappa shape index (κ3) is 3.33. The highest BCUT2D eigenvalue weighted by atomic mass is 16.5. The van der Waals surface area contributed by atoms with Crippen molar-refractivity contribution in [2.24, 2.45) is 0 Å².